The SMILES string of the molecule is Cc1ccc(OCC(=O)NOCC(N)=O)cc1. The summed E-state index contributed by atoms with van der Waals surface area (Å²) in [5, 5.41) is 0. The molecule has 0 saturated carbocycles. The van der Waals surface area contributed by atoms with Crippen molar-refractivity contribution in [2.24, 2.45) is 5.73 Å². The summed E-state index contributed by atoms with van der Waals surface area (Å²) in [6.45, 7) is 1.40. The Hall–Kier alpha value is -2.08. The summed E-state index contributed by atoms with van der Waals surface area (Å²) >= 11 is 0. The van der Waals surface area contributed by atoms with Crippen molar-refractivity contribution in [1.29, 1.82) is 0 Å². The van der Waals surface area contributed by atoms with E-state index in [-0.39, 0.29) is 13.2 Å². The van der Waals surface area contributed by atoms with Gasteiger partial charge < -0.3 is 10.5 Å². The average molecular weight is 238 g/mol. The molecular formula is C11H14N2O4. The van der Waals surface area contributed by atoms with Crippen molar-refractivity contribution in [3.63, 3.8) is 0 Å². The lowest BCUT2D eigenvalue weighted by atomic mass is 10.2. The summed E-state index contributed by atoms with van der Waals surface area (Å²) in [5.41, 5.74) is 7.95. The lowest BCUT2D eigenvalue weighted by molar-refractivity contribution is -0.139. The van der Waals surface area contributed by atoms with Crippen LogP contribution in [0, 0.1) is 6.92 Å². The fraction of sp³-hybridized carbons (Fsp3) is 0.273. The molecule has 92 valence electrons. The van der Waals surface area contributed by atoms with Crippen molar-refractivity contribution < 1.29 is 19.2 Å². The third-order valence-electron chi connectivity index (χ3n) is 1.79. The van der Waals surface area contributed by atoms with Crippen molar-refractivity contribution >= 4 is 11.8 Å². The van der Waals surface area contributed by atoms with E-state index in [0.29, 0.717) is 5.75 Å². The molecule has 6 heteroatoms. The Morgan fingerprint density at radius 2 is 1.88 bits per heavy atom. The standard InChI is InChI=1S/C11H14N2O4/c1-8-2-4-9(5-3-8)16-7-11(15)13-17-6-10(12)14/h2-5H,6-7H2,1H3,(H2,12,14)(H,13,15). The monoisotopic (exact) mass is 238 g/mol. The zero-order valence-corrected chi connectivity index (χ0v) is 9.43. The van der Waals surface area contributed by atoms with Gasteiger partial charge in [-0.25, -0.2) is 5.48 Å². The Bertz CT molecular complexity index is 389. The van der Waals surface area contributed by atoms with Gasteiger partial charge in [0.1, 0.15) is 5.75 Å². The lowest BCUT2D eigenvalue weighted by Crippen LogP contribution is -2.32. The number of carbonyl (C=O) groups excluding carboxylic acids is 2. The van der Waals surface area contributed by atoms with Crippen molar-refractivity contribution in [3.05, 3.63) is 29.8 Å². The molecule has 1 aromatic carbocycles. The van der Waals surface area contributed by atoms with Crippen LogP contribution in [-0.4, -0.2) is 25.0 Å². The smallest absolute Gasteiger partial charge is 0.281 e. The van der Waals surface area contributed by atoms with Crippen molar-refractivity contribution in [2.75, 3.05) is 13.2 Å². The molecule has 0 saturated heterocycles. The molecule has 0 heterocycles. The maximum atomic E-state index is 11.2. The molecule has 0 aliphatic heterocycles. The van der Waals surface area contributed by atoms with Gasteiger partial charge in [-0.05, 0) is 19.1 Å². The van der Waals surface area contributed by atoms with E-state index in [1.807, 2.05) is 24.5 Å². The fourth-order valence-corrected chi connectivity index (χ4v) is 1.00. The molecule has 17 heavy (non-hydrogen) atoms. The average Bonchev–Trinajstić information content (AvgIpc) is 2.28. The zero-order valence-electron chi connectivity index (χ0n) is 9.43. The van der Waals surface area contributed by atoms with E-state index >= 15 is 0 Å². The summed E-state index contributed by atoms with van der Waals surface area (Å²) in [4.78, 5) is 26.0. The van der Waals surface area contributed by atoms with Crippen LogP contribution in [-0.2, 0) is 14.4 Å². The van der Waals surface area contributed by atoms with Gasteiger partial charge in [-0.1, -0.05) is 17.7 Å². The first-order valence-corrected chi connectivity index (χ1v) is 4.96. The normalized spacial score (nSPS) is 9.71. The van der Waals surface area contributed by atoms with E-state index < -0.39 is 11.8 Å². The van der Waals surface area contributed by atoms with Gasteiger partial charge in [-0.2, -0.15) is 0 Å². The Balaban J connectivity index is 2.23. The van der Waals surface area contributed by atoms with Gasteiger partial charge >= 0.3 is 0 Å². The number of nitrogens with one attached hydrogen (secondary N) is 1. The molecule has 6 nitrogen and oxygen atoms in total. The van der Waals surface area contributed by atoms with Gasteiger partial charge in [-0.15, -0.1) is 0 Å². The number of primary amides is 1. The van der Waals surface area contributed by atoms with Crippen LogP contribution in [0.3, 0.4) is 0 Å². The minimum Gasteiger partial charge on any atom is -0.484 e. The topological polar surface area (TPSA) is 90.7 Å². The predicted molar refractivity (Wildman–Crippen MR) is 60.0 cm³/mol. The molecule has 0 aliphatic carbocycles. The first kappa shape index (κ1) is 13.0. The fourth-order valence-electron chi connectivity index (χ4n) is 1.00. The Kier molecular flexibility index (Phi) is 4.96. The molecule has 1 aromatic rings. The third-order valence-corrected chi connectivity index (χ3v) is 1.79. The Morgan fingerprint density at radius 3 is 2.47 bits per heavy atom. The molecular weight excluding hydrogens is 224 g/mol. The number of ether oxygens (including phenoxy) is 1. The summed E-state index contributed by atoms with van der Waals surface area (Å²) in [6.07, 6.45) is 0. The summed E-state index contributed by atoms with van der Waals surface area (Å²) in [7, 11) is 0. The van der Waals surface area contributed by atoms with E-state index in [2.05, 4.69) is 4.84 Å². The second kappa shape index (κ2) is 6.49. The largest absolute Gasteiger partial charge is 0.484 e. The van der Waals surface area contributed by atoms with Crippen LogP contribution in [0.1, 0.15) is 5.56 Å². The molecule has 0 spiro atoms. The van der Waals surface area contributed by atoms with Gasteiger partial charge in [0.15, 0.2) is 13.2 Å². The maximum absolute atomic E-state index is 11.2. The quantitative estimate of drug-likeness (QED) is 0.677. The number of nitrogens with two attached hydrogens (primary N) is 1. The minimum atomic E-state index is -0.662. The molecule has 0 radical (unpaired) electrons. The van der Waals surface area contributed by atoms with Gasteiger partial charge in [0.2, 0.25) is 5.91 Å². The number of hydrogen-bond acceptors (Lipinski definition) is 4. The highest BCUT2D eigenvalue weighted by Gasteiger charge is 2.03. The highest BCUT2D eigenvalue weighted by Crippen LogP contribution is 2.10. The van der Waals surface area contributed by atoms with E-state index in [1.165, 1.54) is 0 Å². The molecule has 2 amide bonds. The summed E-state index contributed by atoms with van der Waals surface area (Å²) < 4.78 is 5.17. The van der Waals surface area contributed by atoms with Crippen molar-refractivity contribution in [1.82, 2.24) is 5.48 Å². The first-order valence-electron chi connectivity index (χ1n) is 4.96. The molecule has 0 unspecified atom stereocenters. The number of benzene rings is 1. The van der Waals surface area contributed by atoms with Gasteiger partial charge in [0.05, 0.1) is 0 Å². The zero-order chi connectivity index (χ0) is 12.7. The van der Waals surface area contributed by atoms with Crippen LogP contribution in [0.4, 0.5) is 0 Å². The van der Waals surface area contributed by atoms with E-state index in [0.717, 1.165) is 5.56 Å². The van der Waals surface area contributed by atoms with Gasteiger partial charge in [0, 0.05) is 0 Å². The Labute approximate surface area is 98.7 Å². The van der Waals surface area contributed by atoms with Crippen LogP contribution < -0.4 is 16.0 Å². The van der Waals surface area contributed by atoms with Gasteiger partial charge in [0.25, 0.3) is 5.91 Å². The summed E-state index contributed by atoms with van der Waals surface area (Å²) in [6, 6.07) is 7.26. The third kappa shape index (κ3) is 5.53. The molecule has 0 fully saturated rings. The Morgan fingerprint density at radius 1 is 1.24 bits per heavy atom. The molecule has 0 atom stereocenters. The molecule has 0 bridgehead atoms. The minimum absolute atomic E-state index is 0.193. The van der Waals surface area contributed by atoms with E-state index in [1.54, 1.807) is 12.1 Å². The number of hydroxylamine groups is 1. The molecule has 0 aromatic heterocycles. The van der Waals surface area contributed by atoms with Crippen LogP contribution in [0.5, 0.6) is 5.75 Å². The van der Waals surface area contributed by atoms with Crippen molar-refractivity contribution in [2.45, 2.75) is 6.92 Å². The second-order valence-corrected chi connectivity index (χ2v) is 3.38. The predicted octanol–water partition coefficient (Wildman–Crippen LogP) is -0.0931. The molecule has 1 rings (SSSR count). The summed E-state index contributed by atoms with van der Waals surface area (Å²) in [5.74, 6) is -0.572. The number of amides is 2. The highest BCUT2D eigenvalue weighted by molar-refractivity contribution is 5.77. The highest BCUT2D eigenvalue weighted by atomic mass is 16.7. The number of aryl methyl sites for hydroxylation is 1. The van der Waals surface area contributed by atoms with Crippen LogP contribution in [0.2, 0.25) is 0 Å². The molecule has 3 N–H and O–H groups in total. The van der Waals surface area contributed by atoms with Gasteiger partial charge in [-0.3, -0.25) is 14.4 Å². The number of carbonyl (C=O) groups is 2. The molecule has 0 aliphatic rings. The lowest BCUT2D eigenvalue weighted by Gasteiger charge is -2.06. The second-order valence-electron chi connectivity index (χ2n) is 3.38. The van der Waals surface area contributed by atoms with E-state index in [9.17, 15) is 9.59 Å². The first-order chi connectivity index (χ1) is 8.08. The number of rotatable bonds is 6. The maximum Gasteiger partial charge on any atom is 0.281 e. The number of hydrogen-bond donors (Lipinski definition) is 2. The van der Waals surface area contributed by atoms with Crippen LogP contribution in [0.15, 0.2) is 24.3 Å². The van der Waals surface area contributed by atoms with Crippen LogP contribution in [0.25, 0.3) is 0 Å². The van der Waals surface area contributed by atoms with E-state index in [4.69, 9.17) is 10.5 Å². The van der Waals surface area contributed by atoms with Crippen LogP contribution >= 0.6 is 0 Å². The van der Waals surface area contributed by atoms with Crippen molar-refractivity contribution in [3.8, 4) is 5.75 Å².